The molecule has 4 aliphatic carbocycles. The van der Waals surface area contributed by atoms with Crippen molar-refractivity contribution in [1.82, 2.24) is 0 Å². The number of ether oxygens (including phenoxy) is 16. The van der Waals surface area contributed by atoms with E-state index in [1.165, 1.54) is 56.9 Å². The first kappa shape index (κ1) is 92.0. The van der Waals surface area contributed by atoms with Gasteiger partial charge < -0.3 is 132 Å². The van der Waals surface area contributed by atoms with Gasteiger partial charge in [-0.15, -0.1) is 0 Å². The number of allylic oxidation sites excluding steroid dienone is 1. The molecule has 24 unspecified atom stereocenters. The zero-order valence-electron chi connectivity index (χ0n) is 64.3. The number of benzene rings is 1. The lowest BCUT2D eigenvalue weighted by atomic mass is 9.46. The van der Waals surface area contributed by atoms with E-state index in [4.69, 9.17) is 106 Å². The van der Waals surface area contributed by atoms with Crippen LogP contribution in [0, 0.1) is 40.4 Å². The van der Waals surface area contributed by atoms with Gasteiger partial charge in [-0.1, -0.05) is 95.4 Å². The van der Waals surface area contributed by atoms with Crippen LogP contribution in [0.2, 0.25) is 0 Å². The van der Waals surface area contributed by atoms with E-state index in [0.29, 0.717) is 35.7 Å². The summed E-state index contributed by atoms with van der Waals surface area (Å²) in [6.07, 6.45) is -7.70. The van der Waals surface area contributed by atoms with Crippen LogP contribution in [0.15, 0.2) is 42.0 Å². The van der Waals surface area contributed by atoms with Crippen molar-refractivity contribution in [3.63, 3.8) is 0 Å². The summed E-state index contributed by atoms with van der Waals surface area (Å²) in [5.41, 5.74) is 2.46. The summed E-state index contributed by atoms with van der Waals surface area (Å²) < 4.78 is 90.1. The molecule has 0 bridgehead atoms. The average molecular weight is 1620 g/mol. The van der Waals surface area contributed by atoms with Gasteiger partial charge in [0.05, 0.1) is 124 Å². The smallest absolute Gasteiger partial charge is 0.332 e. The van der Waals surface area contributed by atoms with Gasteiger partial charge in [-0.3, -0.25) is 38.4 Å². The maximum Gasteiger partial charge on any atom is 0.332 e. The summed E-state index contributed by atoms with van der Waals surface area (Å²) in [5.74, 6) is -5.40. The maximum absolute atomic E-state index is 12.9. The molecule has 36 nitrogen and oxygen atoms in total. The summed E-state index contributed by atoms with van der Waals surface area (Å²) in [7, 11) is 0. The van der Waals surface area contributed by atoms with Crippen LogP contribution in [-0.2, 0) is 119 Å². The van der Waals surface area contributed by atoms with Crippen LogP contribution in [0.5, 0.6) is 0 Å². The molecule has 0 amide bonds. The Labute approximate surface area is 654 Å². The lowest BCUT2D eigenvalue weighted by Gasteiger charge is -2.60. The van der Waals surface area contributed by atoms with Crippen LogP contribution in [0.4, 0.5) is 0 Å². The van der Waals surface area contributed by atoms with Gasteiger partial charge in [0.15, 0.2) is 30.4 Å². The number of carbonyl (C=O) groups excluding carboxylic acids is 9. The molecular weight excluding hydrogens is 1500 g/mol. The van der Waals surface area contributed by atoms with Crippen molar-refractivity contribution in [1.29, 1.82) is 0 Å². The minimum Gasteiger partial charge on any atom is -0.455 e. The topological polar surface area (TPSA) is 524 Å². The lowest BCUT2D eigenvalue weighted by Crippen LogP contribution is -2.68. The van der Waals surface area contributed by atoms with Crippen LogP contribution in [-0.4, -0.2) is 287 Å². The second-order valence-electron chi connectivity index (χ2n) is 30.1. The zero-order valence-corrected chi connectivity index (χ0v) is 64.3. The van der Waals surface area contributed by atoms with E-state index in [9.17, 15) is 68.7 Å². The van der Waals surface area contributed by atoms with E-state index in [0.717, 1.165) is 30.6 Å². The molecule has 1 spiro atoms. The van der Waals surface area contributed by atoms with Gasteiger partial charge >= 0.3 is 53.7 Å². The number of aliphatic hydroxyl groups is 11. The molecule has 9 aliphatic rings. The van der Waals surface area contributed by atoms with Crippen LogP contribution >= 0.6 is 0 Å². The molecule has 36 heteroatoms. The maximum atomic E-state index is 12.9. The van der Waals surface area contributed by atoms with Crippen molar-refractivity contribution >= 4 is 53.7 Å². The lowest BCUT2D eigenvalue weighted by molar-refractivity contribution is -0.392. The van der Waals surface area contributed by atoms with Gasteiger partial charge in [0.25, 0.3) is 0 Å². The average Bonchev–Trinajstić information content (AvgIpc) is 1.69. The predicted molar refractivity (Wildman–Crippen MR) is 379 cm³/mol. The number of rotatable bonds is 33. The van der Waals surface area contributed by atoms with E-state index >= 15 is 0 Å². The molecule has 5 heterocycles. The monoisotopic (exact) mass is 1610 g/mol. The highest BCUT2D eigenvalue weighted by atomic mass is 16.8. The Hall–Kier alpha value is -6.53. The van der Waals surface area contributed by atoms with E-state index in [1.807, 2.05) is 6.07 Å². The molecule has 11 N–H and O–H groups in total. The normalized spacial score (nSPS) is 34.2. The number of aliphatic hydroxyl groups excluding tert-OH is 11. The fourth-order valence-electron chi connectivity index (χ4n) is 17.4. The van der Waals surface area contributed by atoms with Crippen molar-refractivity contribution in [2.45, 2.75) is 260 Å². The molecule has 1 aromatic rings. The molecule has 8 fully saturated rings. The van der Waals surface area contributed by atoms with E-state index < -0.39 is 237 Å². The Balaban J connectivity index is 0.000000229. The summed E-state index contributed by atoms with van der Waals surface area (Å²) >= 11 is 0. The Kier molecular flexibility index (Phi) is 35.9. The molecule has 24 atom stereocenters. The molecule has 0 aromatic heterocycles. The summed E-state index contributed by atoms with van der Waals surface area (Å²) in [6, 6.07) is 8.96. The van der Waals surface area contributed by atoms with E-state index in [-0.39, 0.29) is 57.2 Å². The first-order chi connectivity index (χ1) is 54.2. The molecule has 5 aliphatic heterocycles. The van der Waals surface area contributed by atoms with Crippen LogP contribution in [0.3, 0.4) is 0 Å². The molecular formula is C77H114O36. The summed E-state index contributed by atoms with van der Waals surface area (Å²) in [4.78, 5) is 109. The SMILES string of the molecule is CCCCCC(C)C1CCC2C3CC=C4CC5(CCC4(C)C3CCC12C)OCC1OC(OC(=O)CCO)C(OC(=O)CCO)C(OC(=O)CCO)C1O5.O=C(CCO)OC1OC(CO)C(O)C(OC(=O)CCO)C1OC(=O)CO.O=C(CCO)OC1OC2COC(c3ccccc3)OC2C(OC(=O)CCO)C1OC(=O)CCO. The van der Waals surface area contributed by atoms with Gasteiger partial charge in [0, 0.05) is 18.4 Å². The van der Waals surface area contributed by atoms with Crippen molar-refractivity contribution in [3.8, 4) is 0 Å². The third-order valence-corrected chi connectivity index (χ3v) is 22.7. The van der Waals surface area contributed by atoms with Crippen LogP contribution in [0.1, 0.15) is 168 Å². The fourth-order valence-corrected chi connectivity index (χ4v) is 17.4. The fraction of sp³-hybridized carbons (Fsp3) is 0.779. The minimum atomic E-state index is -1.68. The second kappa shape index (κ2) is 44.1. The molecule has 1 aromatic carbocycles. The largest absolute Gasteiger partial charge is 0.455 e. The number of esters is 9. The summed E-state index contributed by atoms with van der Waals surface area (Å²) in [6.45, 7) is 4.15. The third-order valence-electron chi connectivity index (χ3n) is 22.7. The predicted octanol–water partition coefficient (Wildman–Crippen LogP) is 0.660. The first-order valence-corrected chi connectivity index (χ1v) is 39.1. The van der Waals surface area contributed by atoms with Crippen LogP contribution in [0.25, 0.3) is 0 Å². The first-order valence-electron chi connectivity index (χ1n) is 39.1. The highest BCUT2D eigenvalue weighted by molar-refractivity contribution is 5.74. The third kappa shape index (κ3) is 23.7. The Bertz CT molecular complexity index is 3270. The Morgan fingerprint density at radius 3 is 1.45 bits per heavy atom. The Morgan fingerprint density at radius 2 is 0.956 bits per heavy atom. The minimum absolute atomic E-state index is 0.0221. The number of unbranched alkanes of at least 4 members (excludes halogenated alkanes) is 2. The molecule has 0 radical (unpaired) electrons. The summed E-state index contributed by atoms with van der Waals surface area (Å²) in [5, 5.41) is 101. The molecule has 5 saturated heterocycles. The molecule has 113 heavy (non-hydrogen) atoms. The van der Waals surface area contributed by atoms with Crippen molar-refractivity contribution < 1.29 is 175 Å². The molecule has 3 saturated carbocycles. The highest BCUT2D eigenvalue weighted by Gasteiger charge is 2.64. The number of hydrogen-bond acceptors (Lipinski definition) is 36. The quantitative estimate of drug-likeness (QED) is 0.0199. The molecule has 638 valence electrons. The number of carbonyl (C=O) groups is 9. The van der Waals surface area contributed by atoms with Gasteiger partial charge in [-0.25, -0.2) is 4.79 Å². The van der Waals surface area contributed by atoms with E-state index in [2.05, 4.69) is 33.8 Å². The van der Waals surface area contributed by atoms with Crippen LogP contribution < -0.4 is 0 Å². The van der Waals surface area contributed by atoms with E-state index in [1.54, 1.807) is 24.3 Å². The Morgan fingerprint density at radius 1 is 0.496 bits per heavy atom. The van der Waals surface area contributed by atoms with Gasteiger partial charge in [0.1, 0.15) is 43.2 Å². The van der Waals surface area contributed by atoms with Gasteiger partial charge in [-0.2, -0.15) is 0 Å². The second-order valence-corrected chi connectivity index (χ2v) is 30.1. The van der Waals surface area contributed by atoms with Crippen molar-refractivity contribution in [3.05, 3.63) is 47.5 Å². The standard InChI is InChI=1S/C41H64O12.C22H28O12.C14H22O12/c1-5-6-7-8-25(2)28-11-12-29-27-10-9-26-23-41(19-18-39(26,3)30(27)13-17-40(28,29)4)48-24-31-35(53-41)36(50-32(45)14-20-42)37(51-33(46)15-21-43)38(49-31)52-34(47)16-22-44;23-9-6-15(26)31-19-18-14(12-29-21(34-18)13-4-2-1-3-5-13)30-22(33-17(28)8-11-25)20(19)32-16(27)7-10-24;15-3-1-8(19)24-12-11(22)7(5-17)23-14(26-9(20)2-4-16)13(12)25-10(21)6-18/h9,25,27-31,35-38,42-44H,5-8,10-24H2,1-4H3;1-5,14,18-25H,6-12H2;7,11-18,22H,1-6H2. The van der Waals surface area contributed by atoms with Crippen molar-refractivity contribution in [2.75, 3.05) is 79.3 Å². The highest BCUT2D eigenvalue weighted by Crippen LogP contribution is 2.68. The zero-order chi connectivity index (χ0) is 82.2. The number of fused-ring (bicyclic) bond motifs is 7. The van der Waals surface area contributed by atoms with Gasteiger partial charge in [0.2, 0.25) is 37.2 Å². The van der Waals surface area contributed by atoms with Gasteiger partial charge in [-0.05, 0) is 78.9 Å². The molecule has 10 rings (SSSR count). The van der Waals surface area contributed by atoms with Crippen molar-refractivity contribution in [2.24, 2.45) is 40.4 Å². The number of hydrogen-bond donors (Lipinski definition) is 11.